The van der Waals surface area contributed by atoms with Gasteiger partial charge in [0.15, 0.2) is 0 Å². The molecule has 31 heavy (non-hydrogen) atoms. The first-order valence-corrected chi connectivity index (χ1v) is 11.5. The first kappa shape index (κ1) is 23.0. The number of rotatable bonds is 8. The lowest BCUT2D eigenvalue weighted by atomic mass is 9.86. The standard InChI is InChI=1S/C26H29O4P/c1-20-15-16-23(26(2,3)4)24(19-20)29-25(27)17-18-28-31(22-13-9-6-10-14-22)30-21-11-7-5-8-12-21/h5-16,19H,17-18H2,1-4H3. The first-order valence-electron chi connectivity index (χ1n) is 10.4. The highest BCUT2D eigenvalue weighted by Crippen LogP contribution is 2.38. The van der Waals surface area contributed by atoms with Gasteiger partial charge in [0, 0.05) is 10.9 Å². The number of aryl methyl sites for hydroxylation is 1. The maximum atomic E-state index is 12.5. The number of hydrogen-bond acceptors (Lipinski definition) is 4. The Morgan fingerprint density at radius 1 is 0.903 bits per heavy atom. The smallest absolute Gasteiger partial charge is 0.313 e. The number of carbonyl (C=O) groups is 1. The average Bonchev–Trinajstić information content (AvgIpc) is 2.73. The van der Waals surface area contributed by atoms with Crippen LogP contribution in [0.15, 0.2) is 78.9 Å². The van der Waals surface area contributed by atoms with Gasteiger partial charge in [-0.15, -0.1) is 0 Å². The maximum absolute atomic E-state index is 12.5. The second-order valence-corrected chi connectivity index (χ2v) is 9.78. The molecule has 0 saturated heterocycles. The summed E-state index contributed by atoms with van der Waals surface area (Å²) < 4.78 is 17.8. The molecule has 1 atom stereocenters. The molecule has 3 aromatic carbocycles. The summed E-state index contributed by atoms with van der Waals surface area (Å²) in [5, 5.41) is 0.948. The van der Waals surface area contributed by atoms with Crippen LogP contribution in [0.3, 0.4) is 0 Å². The summed E-state index contributed by atoms with van der Waals surface area (Å²) in [6.07, 6.45) is 0.140. The summed E-state index contributed by atoms with van der Waals surface area (Å²) in [7, 11) is -1.36. The molecule has 0 saturated carbocycles. The van der Waals surface area contributed by atoms with Crippen molar-refractivity contribution in [3.8, 4) is 11.5 Å². The van der Waals surface area contributed by atoms with Gasteiger partial charge >= 0.3 is 5.97 Å². The van der Waals surface area contributed by atoms with E-state index in [9.17, 15) is 4.79 Å². The number of carbonyl (C=O) groups excluding carboxylic acids is 1. The molecule has 3 aromatic rings. The van der Waals surface area contributed by atoms with E-state index in [1.165, 1.54) is 0 Å². The predicted octanol–water partition coefficient (Wildman–Crippen LogP) is 6.32. The highest BCUT2D eigenvalue weighted by molar-refractivity contribution is 7.56. The number of ether oxygens (including phenoxy) is 1. The van der Waals surface area contributed by atoms with E-state index < -0.39 is 8.38 Å². The van der Waals surface area contributed by atoms with Crippen LogP contribution in [0, 0.1) is 6.92 Å². The molecule has 1 unspecified atom stereocenters. The zero-order valence-corrected chi connectivity index (χ0v) is 19.4. The molecule has 162 valence electrons. The first-order chi connectivity index (χ1) is 14.8. The summed E-state index contributed by atoms with van der Waals surface area (Å²) in [5.41, 5.74) is 1.94. The second kappa shape index (κ2) is 10.6. The highest BCUT2D eigenvalue weighted by atomic mass is 31.2. The SMILES string of the molecule is Cc1ccc(C(C)(C)C)c(OC(=O)CCOP(Oc2ccccc2)c2ccccc2)c1. The van der Waals surface area contributed by atoms with Gasteiger partial charge in [-0.05, 0) is 48.2 Å². The molecule has 0 radical (unpaired) electrons. The zero-order valence-electron chi connectivity index (χ0n) is 18.5. The van der Waals surface area contributed by atoms with Crippen LogP contribution >= 0.6 is 8.38 Å². The van der Waals surface area contributed by atoms with Crippen molar-refractivity contribution < 1.29 is 18.6 Å². The van der Waals surface area contributed by atoms with Crippen LogP contribution < -0.4 is 14.6 Å². The van der Waals surface area contributed by atoms with Gasteiger partial charge in [0.2, 0.25) is 0 Å². The largest absolute Gasteiger partial charge is 0.444 e. The van der Waals surface area contributed by atoms with Gasteiger partial charge in [-0.2, -0.15) is 0 Å². The van der Waals surface area contributed by atoms with E-state index in [-0.39, 0.29) is 24.4 Å². The van der Waals surface area contributed by atoms with Crippen molar-refractivity contribution in [3.05, 3.63) is 90.0 Å². The minimum atomic E-state index is -1.36. The molecule has 0 aliphatic rings. The van der Waals surface area contributed by atoms with Crippen molar-refractivity contribution in [2.24, 2.45) is 0 Å². The highest BCUT2D eigenvalue weighted by Gasteiger charge is 2.21. The molecule has 0 aliphatic heterocycles. The summed E-state index contributed by atoms with van der Waals surface area (Å²) in [6.45, 7) is 8.51. The minimum absolute atomic E-state index is 0.120. The average molecular weight is 436 g/mol. The Bertz CT molecular complexity index is 981. The van der Waals surface area contributed by atoms with E-state index in [1.807, 2.05) is 85.8 Å². The normalized spacial score (nSPS) is 12.3. The van der Waals surface area contributed by atoms with Crippen molar-refractivity contribution in [1.29, 1.82) is 0 Å². The number of esters is 1. The lowest BCUT2D eigenvalue weighted by Gasteiger charge is -2.22. The summed E-state index contributed by atoms with van der Waals surface area (Å²) in [6, 6.07) is 25.3. The Morgan fingerprint density at radius 2 is 1.55 bits per heavy atom. The van der Waals surface area contributed by atoms with E-state index in [4.69, 9.17) is 13.8 Å². The molecule has 0 bridgehead atoms. The quantitative estimate of drug-likeness (QED) is 0.235. The Kier molecular flexibility index (Phi) is 7.84. The maximum Gasteiger partial charge on any atom is 0.313 e. The fraction of sp³-hybridized carbons (Fsp3) is 0.269. The molecule has 0 aliphatic carbocycles. The number of benzene rings is 3. The van der Waals surface area contributed by atoms with Crippen LogP contribution in [-0.4, -0.2) is 12.6 Å². The Labute approximate surface area is 186 Å². The minimum Gasteiger partial charge on any atom is -0.444 e. The van der Waals surface area contributed by atoms with Gasteiger partial charge in [-0.1, -0.05) is 69.3 Å². The van der Waals surface area contributed by atoms with Gasteiger partial charge in [0.25, 0.3) is 8.38 Å². The molecule has 0 heterocycles. The molecule has 4 nitrogen and oxygen atoms in total. The molecular weight excluding hydrogens is 407 g/mol. The summed E-state index contributed by atoms with van der Waals surface area (Å²) in [5.74, 6) is 1.02. The van der Waals surface area contributed by atoms with Crippen molar-refractivity contribution in [2.45, 2.75) is 39.5 Å². The Hall–Kier alpha value is -2.68. The van der Waals surface area contributed by atoms with Crippen molar-refractivity contribution in [1.82, 2.24) is 0 Å². The van der Waals surface area contributed by atoms with E-state index in [2.05, 4.69) is 20.8 Å². The van der Waals surface area contributed by atoms with E-state index in [0.29, 0.717) is 5.75 Å². The van der Waals surface area contributed by atoms with Crippen LogP contribution in [0.25, 0.3) is 0 Å². The van der Waals surface area contributed by atoms with Gasteiger partial charge < -0.3 is 13.8 Å². The third-order valence-corrected chi connectivity index (χ3v) is 6.10. The molecular formula is C26H29O4P. The number of hydrogen-bond donors (Lipinski definition) is 0. The van der Waals surface area contributed by atoms with E-state index >= 15 is 0 Å². The van der Waals surface area contributed by atoms with Crippen LogP contribution in [-0.2, 0) is 14.7 Å². The topological polar surface area (TPSA) is 44.8 Å². The molecule has 0 N–H and O–H groups in total. The van der Waals surface area contributed by atoms with Gasteiger partial charge in [-0.3, -0.25) is 4.79 Å². The molecule has 5 heteroatoms. The van der Waals surface area contributed by atoms with Gasteiger partial charge in [-0.25, -0.2) is 0 Å². The van der Waals surface area contributed by atoms with Crippen molar-refractivity contribution in [2.75, 3.05) is 6.61 Å². The number of para-hydroxylation sites is 1. The fourth-order valence-corrected chi connectivity index (χ4v) is 4.29. The van der Waals surface area contributed by atoms with Gasteiger partial charge in [0.05, 0.1) is 13.0 Å². The van der Waals surface area contributed by atoms with Gasteiger partial charge in [0.1, 0.15) is 11.5 Å². The molecule has 0 aromatic heterocycles. The lowest BCUT2D eigenvalue weighted by molar-refractivity contribution is -0.134. The predicted molar refractivity (Wildman–Crippen MR) is 126 cm³/mol. The Balaban J connectivity index is 1.63. The molecule has 3 rings (SSSR count). The van der Waals surface area contributed by atoms with Crippen molar-refractivity contribution >= 4 is 19.6 Å². The van der Waals surface area contributed by atoms with Crippen LogP contribution in [0.2, 0.25) is 0 Å². The Morgan fingerprint density at radius 3 is 2.19 bits per heavy atom. The van der Waals surface area contributed by atoms with E-state index in [1.54, 1.807) is 0 Å². The van der Waals surface area contributed by atoms with E-state index in [0.717, 1.165) is 22.2 Å². The summed E-state index contributed by atoms with van der Waals surface area (Å²) >= 11 is 0. The molecule has 0 amide bonds. The summed E-state index contributed by atoms with van der Waals surface area (Å²) in [4.78, 5) is 12.5. The molecule has 0 spiro atoms. The zero-order chi connectivity index (χ0) is 22.3. The second-order valence-electron chi connectivity index (χ2n) is 8.30. The molecule has 0 fully saturated rings. The van der Waals surface area contributed by atoms with Crippen LogP contribution in [0.4, 0.5) is 0 Å². The third-order valence-electron chi connectivity index (χ3n) is 4.58. The fourth-order valence-electron chi connectivity index (χ4n) is 3.00. The van der Waals surface area contributed by atoms with Crippen LogP contribution in [0.1, 0.15) is 38.3 Å². The van der Waals surface area contributed by atoms with Crippen LogP contribution in [0.5, 0.6) is 11.5 Å². The third kappa shape index (κ3) is 6.92. The monoisotopic (exact) mass is 436 g/mol. The van der Waals surface area contributed by atoms with Crippen molar-refractivity contribution in [3.63, 3.8) is 0 Å². The lowest BCUT2D eigenvalue weighted by Crippen LogP contribution is -2.18.